The maximum atomic E-state index is 13.5. The van der Waals surface area contributed by atoms with E-state index in [-0.39, 0.29) is 30.3 Å². The van der Waals surface area contributed by atoms with Crippen molar-refractivity contribution in [3.63, 3.8) is 0 Å². The molecule has 0 saturated heterocycles. The number of hydrogen-bond donors (Lipinski definition) is 2. The van der Waals surface area contributed by atoms with Gasteiger partial charge >= 0.3 is 0 Å². The topological polar surface area (TPSA) is 92.5 Å². The highest BCUT2D eigenvalue weighted by atomic mass is 19.1. The molecule has 1 amide bonds. The average Bonchev–Trinajstić information content (AvgIpc) is 2.43. The minimum absolute atomic E-state index is 0.0134. The summed E-state index contributed by atoms with van der Waals surface area (Å²) in [6, 6.07) is 2.82. The second kappa shape index (κ2) is 7.54. The van der Waals surface area contributed by atoms with Gasteiger partial charge in [0.05, 0.1) is 10.5 Å². The molecule has 1 unspecified atom stereocenters. The summed E-state index contributed by atoms with van der Waals surface area (Å²) < 4.78 is 13.5. The molecule has 0 aliphatic carbocycles. The van der Waals surface area contributed by atoms with Gasteiger partial charge in [0, 0.05) is 25.3 Å². The Bertz CT molecular complexity index is 493. The first-order valence-corrected chi connectivity index (χ1v) is 6.32. The SMILES string of the molecule is CCC(CCO)CNC(=O)c1cc([N+](=O)[O-])ccc1F. The van der Waals surface area contributed by atoms with Crippen LogP contribution < -0.4 is 5.32 Å². The fourth-order valence-corrected chi connectivity index (χ4v) is 1.77. The van der Waals surface area contributed by atoms with Crippen LogP contribution in [-0.4, -0.2) is 29.1 Å². The van der Waals surface area contributed by atoms with E-state index in [4.69, 9.17) is 5.11 Å². The fraction of sp³-hybridized carbons (Fsp3) is 0.462. The van der Waals surface area contributed by atoms with E-state index >= 15 is 0 Å². The predicted octanol–water partition coefficient (Wildman–Crippen LogP) is 1.87. The molecule has 0 saturated carbocycles. The van der Waals surface area contributed by atoms with Gasteiger partial charge in [-0.3, -0.25) is 14.9 Å². The predicted molar refractivity (Wildman–Crippen MR) is 70.9 cm³/mol. The molecule has 1 rings (SSSR count). The van der Waals surface area contributed by atoms with Crippen LogP contribution in [0.1, 0.15) is 30.1 Å². The minimum atomic E-state index is -0.802. The van der Waals surface area contributed by atoms with Gasteiger partial charge in [-0.2, -0.15) is 0 Å². The molecule has 0 fully saturated rings. The van der Waals surface area contributed by atoms with Crippen LogP contribution in [0.15, 0.2) is 18.2 Å². The second-order valence-electron chi connectivity index (χ2n) is 4.42. The molecule has 0 radical (unpaired) electrons. The highest BCUT2D eigenvalue weighted by Crippen LogP contribution is 2.17. The molecular formula is C13H17FN2O4. The minimum Gasteiger partial charge on any atom is -0.396 e. The lowest BCUT2D eigenvalue weighted by atomic mass is 10.0. The summed E-state index contributed by atoms with van der Waals surface area (Å²) in [6.45, 7) is 2.22. The molecule has 0 heterocycles. The second-order valence-corrected chi connectivity index (χ2v) is 4.42. The largest absolute Gasteiger partial charge is 0.396 e. The number of nitrogens with zero attached hydrogens (tertiary/aromatic N) is 1. The number of nitro benzene ring substituents is 1. The molecule has 0 aliphatic heterocycles. The van der Waals surface area contributed by atoms with Gasteiger partial charge < -0.3 is 10.4 Å². The Morgan fingerprint density at radius 1 is 1.55 bits per heavy atom. The molecule has 2 N–H and O–H groups in total. The molecule has 7 heteroatoms. The zero-order chi connectivity index (χ0) is 15.1. The number of hydrogen-bond acceptors (Lipinski definition) is 4. The smallest absolute Gasteiger partial charge is 0.270 e. The zero-order valence-electron chi connectivity index (χ0n) is 11.1. The summed E-state index contributed by atoms with van der Waals surface area (Å²) in [4.78, 5) is 21.8. The standard InChI is InChI=1S/C13H17FN2O4/c1-2-9(5-6-17)8-15-13(18)11-7-10(16(19)20)3-4-12(11)14/h3-4,7,9,17H,2,5-6,8H2,1H3,(H,15,18). The van der Waals surface area contributed by atoms with Gasteiger partial charge in [0.1, 0.15) is 5.82 Å². The van der Waals surface area contributed by atoms with Gasteiger partial charge in [-0.15, -0.1) is 0 Å². The Hall–Kier alpha value is -2.02. The van der Waals surface area contributed by atoms with E-state index in [1.807, 2.05) is 6.92 Å². The average molecular weight is 284 g/mol. The van der Waals surface area contributed by atoms with Crippen molar-refractivity contribution in [3.8, 4) is 0 Å². The van der Waals surface area contributed by atoms with E-state index < -0.39 is 16.6 Å². The van der Waals surface area contributed by atoms with Crippen LogP contribution in [0.25, 0.3) is 0 Å². The third kappa shape index (κ3) is 4.27. The number of rotatable bonds is 7. The lowest BCUT2D eigenvalue weighted by Gasteiger charge is -2.14. The number of carbonyl (C=O) groups excluding carboxylic acids is 1. The molecular weight excluding hydrogens is 267 g/mol. The van der Waals surface area contributed by atoms with Crippen molar-refractivity contribution in [2.24, 2.45) is 5.92 Å². The van der Waals surface area contributed by atoms with Crippen molar-refractivity contribution in [1.29, 1.82) is 0 Å². The van der Waals surface area contributed by atoms with Crippen LogP contribution in [0.5, 0.6) is 0 Å². The Morgan fingerprint density at radius 2 is 2.25 bits per heavy atom. The van der Waals surface area contributed by atoms with Crippen LogP contribution in [-0.2, 0) is 0 Å². The van der Waals surface area contributed by atoms with Gasteiger partial charge in [0.2, 0.25) is 0 Å². The Labute approximate surface area is 115 Å². The molecule has 6 nitrogen and oxygen atoms in total. The molecule has 0 spiro atoms. The number of carbonyl (C=O) groups is 1. The maximum Gasteiger partial charge on any atom is 0.270 e. The number of nitro groups is 1. The number of nitrogens with one attached hydrogen (secondary N) is 1. The third-order valence-corrected chi connectivity index (χ3v) is 3.07. The van der Waals surface area contributed by atoms with E-state index in [0.29, 0.717) is 6.42 Å². The Balaban J connectivity index is 2.76. The summed E-state index contributed by atoms with van der Waals surface area (Å²) in [5, 5.41) is 22.0. The van der Waals surface area contributed by atoms with Crippen molar-refractivity contribution >= 4 is 11.6 Å². The molecule has 1 atom stereocenters. The van der Waals surface area contributed by atoms with Crippen molar-refractivity contribution < 1.29 is 19.2 Å². The first kappa shape index (κ1) is 16.0. The van der Waals surface area contributed by atoms with Gasteiger partial charge in [0.25, 0.3) is 11.6 Å². The van der Waals surface area contributed by atoms with Gasteiger partial charge in [-0.05, 0) is 18.4 Å². The monoisotopic (exact) mass is 284 g/mol. The van der Waals surface area contributed by atoms with Crippen LogP contribution in [0, 0.1) is 21.8 Å². The third-order valence-electron chi connectivity index (χ3n) is 3.07. The van der Waals surface area contributed by atoms with Crippen molar-refractivity contribution in [2.75, 3.05) is 13.2 Å². The van der Waals surface area contributed by atoms with E-state index in [2.05, 4.69) is 5.32 Å². The van der Waals surface area contributed by atoms with Crippen LogP contribution >= 0.6 is 0 Å². The molecule has 1 aromatic carbocycles. The number of benzene rings is 1. The van der Waals surface area contributed by atoms with Crippen molar-refractivity contribution in [1.82, 2.24) is 5.32 Å². The van der Waals surface area contributed by atoms with Crippen LogP contribution in [0.2, 0.25) is 0 Å². The lowest BCUT2D eigenvalue weighted by molar-refractivity contribution is -0.384. The van der Waals surface area contributed by atoms with E-state index in [1.54, 1.807) is 0 Å². The first-order valence-electron chi connectivity index (χ1n) is 6.32. The fourth-order valence-electron chi connectivity index (χ4n) is 1.77. The van der Waals surface area contributed by atoms with E-state index in [0.717, 1.165) is 24.6 Å². The molecule has 110 valence electrons. The van der Waals surface area contributed by atoms with Crippen LogP contribution in [0.4, 0.5) is 10.1 Å². The number of halogens is 1. The van der Waals surface area contributed by atoms with Crippen molar-refractivity contribution in [2.45, 2.75) is 19.8 Å². The van der Waals surface area contributed by atoms with Gasteiger partial charge in [-0.25, -0.2) is 4.39 Å². The lowest BCUT2D eigenvalue weighted by Crippen LogP contribution is -2.30. The normalized spacial score (nSPS) is 11.9. The zero-order valence-corrected chi connectivity index (χ0v) is 11.1. The number of aliphatic hydroxyl groups excluding tert-OH is 1. The molecule has 0 aromatic heterocycles. The Morgan fingerprint density at radius 3 is 2.80 bits per heavy atom. The molecule has 20 heavy (non-hydrogen) atoms. The molecule has 0 bridgehead atoms. The first-order chi connectivity index (χ1) is 9.49. The summed E-state index contributed by atoms with van der Waals surface area (Å²) in [6.07, 6.45) is 1.30. The maximum absolute atomic E-state index is 13.5. The van der Waals surface area contributed by atoms with Crippen molar-refractivity contribution in [3.05, 3.63) is 39.7 Å². The summed E-state index contributed by atoms with van der Waals surface area (Å²) in [5.41, 5.74) is -0.683. The van der Waals surface area contributed by atoms with E-state index in [9.17, 15) is 19.3 Å². The highest BCUT2D eigenvalue weighted by molar-refractivity contribution is 5.95. The van der Waals surface area contributed by atoms with Crippen LogP contribution in [0.3, 0.4) is 0 Å². The molecule has 0 aliphatic rings. The summed E-state index contributed by atoms with van der Waals surface area (Å²) in [7, 11) is 0. The number of non-ortho nitro benzene ring substituents is 1. The summed E-state index contributed by atoms with van der Waals surface area (Å²) in [5.74, 6) is -1.41. The number of aliphatic hydroxyl groups is 1. The highest BCUT2D eigenvalue weighted by Gasteiger charge is 2.17. The molecule has 1 aromatic rings. The van der Waals surface area contributed by atoms with E-state index in [1.165, 1.54) is 0 Å². The number of amides is 1. The van der Waals surface area contributed by atoms with Gasteiger partial charge in [-0.1, -0.05) is 13.3 Å². The quantitative estimate of drug-likeness (QED) is 0.590. The summed E-state index contributed by atoms with van der Waals surface area (Å²) >= 11 is 0. The van der Waals surface area contributed by atoms with Gasteiger partial charge in [0.15, 0.2) is 0 Å². The Kier molecular flexibility index (Phi) is 6.05.